The quantitative estimate of drug-likeness (QED) is 0.624. The average Bonchev–Trinajstić information content (AvgIpc) is 3.47. The maximum atomic E-state index is 13.2. The second-order valence-corrected chi connectivity index (χ2v) is 8.34. The molecule has 1 atom stereocenters. The number of benzene rings is 1. The maximum absolute atomic E-state index is 13.2. The first-order chi connectivity index (χ1) is 15.7. The van der Waals surface area contributed by atoms with Crippen LogP contribution in [0.1, 0.15) is 34.5 Å². The second kappa shape index (κ2) is 7.75. The first kappa shape index (κ1) is 21.2. The van der Waals surface area contributed by atoms with E-state index in [1.165, 1.54) is 4.90 Å². The highest BCUT2D eigenvalue weighted by Crippen LogP contribution is 2.34. The van der Waals surface area contributed by atoms with Gasteiger partial charge in [-0.05, 0) is 37.5 Å². The summed E-state index contributed by atoms with van der Waals surface area (Å²) in [5.41, 5.74) is 4.56. The van der Waals surface area contributed by atoms with E-state index in [0.717, 1.165) is 21.6 Å². The van der Waals surface area contributed by atoms with Gasteiger partial charge in [0.15, 0.2) is 0 Å². The van der Waals surface area contributed by atoms with Crippen LogP contribution in [0.25, 0.3) is 11.0 Å². The molecule has 5 rings (SSSR count). The summed E-state index contributed by atoms with van der Waals surface area (Å²) >= 11 is 0. The van der Waals surface area contributed by atoms with E-state index in [9.17, 15) is 22.8 Å². The Labute approximate surface area is 186 Å². The SMILES string of the molecule is Cc1n[nH]c2cc(Nc3cccc4c3C(=O)N(CC(=O)N3CCC[C@H]3C(F)(F)F)C4)cnc12. The number of rotatable bonds is 4. The van der Waals surface area contributed by atoms with Crippen molar-refractivity contribution in [1.29, 1.82) is 0 Å². The van der Waals surface area contributed by atoms with Gasteiger partial charge in [0.2, 0.25) is 5.91 Å². The molecule has 172 valence electrons. The molecule has 2 aliphatic rings. The lowest BCUT2D eigenvalue weighted by Gasteiger charge is -2.28. The lowest BCUT2D eigenvalue weighted by atomic mass is 10.1. The minimum atomic E-state index is -4.47. The van der Waals surface area contributed by atoms with Gasteiger partial charge in [0.1, 0.15) is 18.1 Å². The molecule has 33 heavy (non-hydrogen) atoms. The molecule has 2 N–H and O–H groups in total. The monoisotopic (exact) mass is 458 g/mol. The number of fused-ring (bicyclic) bond motifs is 2. The summed E-state index contributed by atoms with van der Waals surface area (Å²) in [6.45, 7) is 1.67. The number of anilines is 2. The molecular formula is C22H21F3N6O2. The number of likely N-dealkylation sites (tertiary alicyclic amines) is 1. The third kappa shape index (κ3) is 3.77. The van der Waals surface area contributed by atoms with E-state index in [1.807, 2.05) is 13.0 Å². The van der Waals surface area contributed by atoms with Crippen molar-refractivity contribution >= 4 is 34.2 Å². The highest BCUT2D eigenvalue weighted by Gasteiger charge is 2.48. The molecule has 3 aromatic rings. The molecule has 2 aliphatic heterocycles. The molecule has 1 fully saturated rings. The number of nitrogens with one attached hydrogen (secondary N) is 2. The van der Waals surface area contributed by atoms with Crippen molar-refractivity contribution < 1.29 is 22.8 Å². The van der Waals surface area contributed by atoms with Crippen LogP contribution < -0.4 is 5.32 Å². The van der Waals surface area contributed by atoms with E-state index < -0.39 is 24.0 Å². The number of alkyl halides is 3. The summed E-state index contributed by atoms with van der Waals surface area (Å²) in [5.74, 6) is -1.08. The molecule has 0 saturated carbocycles. The van der Waals surface area contributed by atoms with E-state index in [0.29, 0.717) is 28.9 Å². The fourth-order valence-corrected chi connectivity index (χ4v) is 4.57. The van der Waals surface area contributed by atoms with E-state index in [1.54, 1.807) is 24.4 Å². The first-order valence-electron chi connectivity index (χ1n) is 10.6. The largest absolute Gasteiger partial charge is 0.408 e. The Morgan fingerprint density at radius 1 is 1.33 bits per heavy atom. The van der Waals surface area contributed by atoms with Gasteiger partial charge < -0.3 is 15.1 Å². The number of carbonyl (C=O) groups excluding carboxylic acids is 2. The molecule has 2 amide bonds. The first-order valence-corrected chi connectivity index (χ1v) is 10.6. The molecular weight excluding hydrogens is 437 g/mol. The van der Waals surface area contributed by atoms with Crippen molar-refractivity contribution in [3.05, 3.63) is 47.3 Å². The minimum Gasteiger partial charge on any atom is -0.354 e. The highest BCUT2D eigenvalue weighted by atomic mass is 19.4. The highest BCUT2D eigenvalue weighted by molar-refractivity contribution is 6.05. The Hall–Kier alpha value is -3.63. The maximum Gasteiger partial charge on any atom is 0.408 e. The van der Waals surface area contributed by atoms with Crippen molar-refractivity contribution in [2.45, 2.75) is 38.5 Å². The number of H-pyrrole nitrogens is 1. The fourth-order valence-electron chi connectivity index (χ4n) is 4.57. The molecule has 0 bridgehead atoms. The van der Waals surface area contributed by atoms with Gasteiger partial charge in [-0.25, -0.2) is 0 Å². The number of halogens is 3. The van der Waals surface area contributed by atoms with Crippen LogP contribution in [-0.4, -0.2) is 62.1 Å². The van der Waals surface area contributed by atoms with Gasteiger partial charge in [-0.1, -0.05) is 12.1 Å². The number of nitrogens with zero attached hydrogens (tertiary/aromatic N) is 4. The Balaban J connectivity index is 1.34. The van der Waals surface area contributed by atoms with Gasteiger partial charge in [0.25, 0.3) is 5.91 Å². The Morgan fingerprint density at radius 3 is 2.94 bits per heavy atom. The van der Waals surface area contributed by atoms with E-state index >= 15 is 0 Å². The average molecular weight is 458 g/mol. The van der Waals surface area contributed by atoms with Crippen LogP contribution in [0.5, 0.6) is 0 Å². The van der Waals surface area contributed by atoms with Crippen LogP contribution in [0.15, 0.2) is 30.5 Å². The van der Waals surface area contributed by atoms with E-state index in [4.69, 9.17) is 0 Å². The molecule has 1 saturated heterocycles. The molecule has 0 aliphatic carbocycles. The minimum absolute atomic E-state index is 0.0490. The predicted molar refractivity (Wildman–Crippen MR) is 114 cm³/mol. The van der Waals surface area contributed by atoms with E-state index in [-0.39, 0.29) is 26.1 Å². The molecule has 0 radical (unpaired) electrons. The van der Waals surface area contributed by atoms with Crippen LogP contribution in [0.2, 0.25) is 0 Å². The van der Waals surface area contributed by atoms with Crippen molar-refractivity contribution in [2.24, 2.45) is 0 Å². The normalized spacial score (nSPS) is 18.3. The van der Waals surface area contributed by atoms with Crippen molar-refractivity contribution in [3.63, 3.8) is 0 Å². The number of hydrogen-bond donors (Lipinski definition) is 2. The van der Waals surface area contributed by atoms with Gasteiger partial charge in [-0.3, -0.25) is 19.7 Å². The molecule has 0 unspecified atom stereocenters. The van der Waals surface area contributed by atoms with Crippen molar-refractivity contribution in [1.82, 2.24) is 25.0 Å². The molecule has 1 aromatic carbocycles. The van der Waals surface area contributed by atoms with Crippen molar-refractivity contribution in [3.8, 4) is 0 Å². The van der Waals surface area contributed by atoms with Crippen LogP contribution in [-0.2, 0) is 11.3 Å². The Bertz CT molecular complexity index is 1250. The van der Waals surface area contributed by atoms with Crippen LogP contribution in [0, 0.1) is 6.92 Å². The second-order valence-electron chi connectivity index (χ2n) is 8.34. The summed E-state index contributed by atoms with van der Waals surface area (Å²) in [4.78, 5) is 32.3. The van der Waals surface area contributed by atoms with Gasteiger partial charge >= 0.3 is 6.18 Å². The summed E-state index contributed by atoms with van der Waals surface area (Å²) in [5, 5.41) is 10.2. The zero-order valence-electron chi connectivity index (χ0n) is 17.7. The lowest BCUT2D eigenvalue weighted by molar-refractivity contribution is -0.182. The smallest absolute Gasteiger partial charge is 0.354 e. The summed E-state index contributed by atoms with van der Waals surface area (Å²) in [6, 6.07) is 5.34. The topological polar surface area (TPSA) is 94.2 Å². The Kier molecular flexibility index (Phi) is 4.98. The third-order valence-corrected chi connectivity index (χ3v) is 6.14. The zero-order chi connectivity index (χ0) is 23.3. The summed E-state index contributed by atoms with van der Waals surface area (Å²) < 4.78 is 39.7. The molecule has 2 aromatic heterocycles. The predicted octanol–water partition coefficient (Wildman–Crippen LogP) is 3.52. The molecule has 0 spiro atoms. The van der Waals surface area contributed by atoms with Crippen molar-refractivity contribution in [2.75, 3.05) is 18.4 Å². The number of aryl methyl sites for hydroxylation is 1. The standard InChI is InChI=1S/C22H21F3N6O2/c1-12-20-16(29-28-12)8-14(9-26-20)27-15-5-2-4-13-10-30(21(33)19(13)15)11-18(32)31-7-3-6-17(31)22(23,24)25/h2,4-5,8-9,17,27H,3,6-7,10-11H2,1H3,(H,28,29)/t17-/m0/s1. The molecule has 4 heterocycles. The number of hydrogen-bond acceptors (Lipinski definition) is 5. The van der Waals surface area contributed by atoms with Gasteiger partial charge in [0, 0.05) is 13.1 Å². The number of amides is 2. The number of aromatic nitrogens is 3. The van der Waals surface area contributed by atoms with Gasteiger partial charge in [0.05, 0.1) is 34.3 Å². The fraction of sp³-hybridized carbons (Fsp3) is 0.364. The van der Waals surface area contributed by atoms with E-state index in [2.05, 4.69) is 20.5 Å². The molecule has 11 heteroatoms. The summed E-state index contributed by atoms with van der Waals surface area (Å²) in [7, 11) is 0. The molecule has 8 nitrogen and oxygen atoms in total. The summed E-state index contributed by atoms with van der Waals surface area (Å²) in [6.07, 6.45) is -2.64. The van der Waals surface area contributed by atoms with Crippen LogP contribution in [0.3, 0.4) is 0 Å². The van der Waals surface area contributed by atoms with Gasteiger partial charge in [-0.15, -0.1) is 0 Å². The Morgan fingerprint density at radius 2 is 2.15 bits per heavy atom. The number of aromatic amines is 1. The van der Waals surface area contributed by atoms with Crippen LogP contribution in [0.4, 0.5) is 24.5 Å². The van der Waals surface area contributed by atoms with Crippen LogP contribution >= 0.6 is 0 Å². The zero-order valence-corrected chi connectivity index (χ0v) is 17.7. The third-order valence-electron chi connectivity index (χ3n) is 6.14. The van der Waals surface area contributed by atoms with Gasteiger partial charge in [-0.2, -0.15) is 18.3 Å². The number of pyridine rings is 1. The number of carbonyl (C=O) groups is 2. The lowest BCUT2D eigenvalue weighted by Crippen LogP contribution is -2.48.